The van der Waals surface area contributed by atoms with Gasteiger partial charge in [0.2, 0.25) is 0 Å². The van der Waals surface area contributed by atoms with Crippen molar-refractivity contribution in [2.45, 2.75) is 4.90 Å². The molecule has 7 nitrogen and oxygen atoms in total. The number of nitrogens with zero attached hydrogens (tertiary/aromatic N) is 2. The van der Waals surface area contributed by atoms with Crippen LogP contribution in [-0.4, -0.2) is 25.5 Å². The molecule has 2 aromatic rings. The second kappa shape index (κ2) is 5.11. The summed E-state index contributed by atoms with van der Waals surface area (Å²) in [5.74, 6) is 0.551. The molecule has 0 spiro atoms. The molecule has 0 bridgehead atoms. The van der Waals surface area contributed by atoms with Crippen LogP contribution in [0.2, 0.25) is 0 Å². The lowest BCUT2D eigenvalue weighted by Crippen LogP contribution is -2.14. The third kappa shape index (κ3) is 2.91. The maximum atomic E-state index is 12.1. The first-order valence-electron chi connectivity index (χ1n) is 5.25. The maximum Gasteiger partial charge on any atom is 0.263 e. The summed E-state index contributed by atoms with van der Waals surface area (Å²) in [6.45, 7) is 0. The van der Waals surface area contributed by atoms with Crippen LogP contribution in [0, 0.1) is 0 Å². The highest BCUT2D eigenvalue weighted by Gasteiger charge is 2.16. The molecule has 1 heterocycles. The number of rotatable bonds is 4. The van der Waals surface area contributed by atoms with Gasteiger partial charge < -0.3 is 10.5 Å². The van der Waals surface area contributed by atoms with Gasteiger partial charge in [-0.1, -0.05) is 0 Å². The zero-order valence-corrected chi connectivity index (χ0v) is 10.9. The first-order chi connectivity index (χ1) is 9.03. The summed E-state index contributed by atoms with van der Waals surface area (Å²) in [7, 11) is -2.29. The summed E-state index contributed by atoms with van der Waals surface area (Å²) in [5, 5.41) is 0. The van der Waals surface area contributed by atoms with Crippen molar-refractivity contribution >= 4 is 21.5 Å². The molecule has 0 aliphatic rings. The Bertz CT molecular complexity index is 674. The molecular formula is C11H12N4O3S. The molecule has 8 heteroatoms. The van der Waals surface area contributed by atoms with Gasteiger partial charge in [-0.2, -0.15) is 0 Å². The van der Waals surface area contributed by atoms with E-state index >= 15 is 0 Å². The number of ether oxygens (including phenoxy) is 1. The largest absolute Gasteiger partial charge is 0.495 e. The van der Waals surface area contributed by atoms with Crippen molar-refractivity contribution in [2.24, 2.45) is 0 Å². The van der Waals surface area contributed by atoms with Gasteiger partial charge >= 0.3 is 0 Å². The number of aromatic nitrogens is 2. The van der Waals surface area contributed by atoms with E-state index in [1.165, 1.54) is 43.9 Å². The van der Waals surface area contributed by atoms with Crippen molar-refractivity contribution in [3.63, 3.8) is 0 Å². The number of sulfonamides is 1. The van der Waals surface area contributed by atoms with Gasteiger partial charge in [-0.15, -0.1) is 0 Å². The molecule has 19 heavy (non-hydrogen) atoms. The fourth-order valence-corrected chi connectivity index (χ4v) is 2.46. The molecule has 0 aliphatic carbocycles. The minimum absolute atomic E-state index is 0.0245. The lowest BCUT2D eigenvalue weighted by atomic mass is 10.3. The number of nitrogens with one attached hydrogen (secondary N) is 1. The van der Waals surface area contributed by atoms with Gasteiger partial charge in [-0.25, -0.2) is 13.4 Å². The average Bonchev–Trinajstić information content (AvgIpc) is 2.39. The Morgan fingerprint density at radius 1 is 1.32 bits per heavy atom. The van der Waals surface area contributed by atoms with Crippen molar-refractivity contribution in [3.05, 3.63) is 36.8 Å². The van der Waals surface area contributed by atoms with Crippen molar-refractivity contribution in [2.75, 3.05) is 17.6 Å². The second-order valence-corrected chi connectivity index (χ2v) is 5.28. The first-order valence-corrected chi connectivity index (χ1v) is 6.73. The van der Waals surface area contributed by atoms with Gasteiger partial charge in [-0.05, 0) is 18.2 Å². The summed E-state index contributed by atoms with van der Waals surface area (Å²) in [4.78, 5) is 7.63. The van der Waals surface area contributed by atoms with E-state index in [1.54, 1.807) is 0 Å². The van der Waals surface area contributed by atoms with E-state index in [-0.39, 0.29) is 16.4 Å². The van der Waals surface area contributed by atoms with Gasteiger partial charge in [0, 0.05) is 12.4 Å². The van der Waals surface area contributed by atoms with E-state index in [1.807, 2.05) is 0 Å². The summed E-state index contributed by atoms with van der Waals surface area (Å²) >= 11 is 0. The first kappa shape index (κ1) is 13.1. The molecule has 0 atom stereocenters. The highest BCUT2D eigenvalue weighted by Crippen LogP contribution is 2.25. The van der Waals surface area contributed by atoms with Crippen molar-refractivity contribution in [1.82, 2.24) is 9.97 Å². The van der Waals surface area contributed by atoms with Crippen molar-refractivity contribution in [3.8, 4) is 5.75 Å². The minimum Gasteiger partial charge on any atom is -0.495 e. The Balaban J connectivity index is 2.32. The number of methoxy groups -OCH3 is 1. The lowest BCUT2D eigenvalue weighted by Gasteiger charge is -2.09. The summed E-state index contributed by atoms with van der Waals surface area (Å²) in [5.41, 5.74) is 5.92. The quantitative estimate of drug-likeness (QED) is 0.805. The third-order valence-electron chi connectivity index (χ3n) is 2.31. The smallest absolute Gasteiger partial charge is 0.263 e. The fraction of sp³-hybridized carbons (Fsp3) is 0.0909. The molecule has 0 unspecified atom stereocenters. The highest BCUT2D eigenvalue weighted by molar-refractivity contribution is 7.92. The lowest BCUT2D eigenvalue weighted by molar-refractivity contribution is 0.416. The molecule has 0 saturated carbocycles. The van der Waals surface area contributed by atoms with Crippen LogP contribution in [0.25, 0.3) is 0 Å². The Morgan fingerprint density at radius 2 is 2.11 bits per heavy atom. The van der Waals surface area contributed by atoms with Crippen LogP contribution in [0.4, 0.5) is 11.5 Å². The number of hydrogen-bond acceptors (Lipinski definition) is 6. The highest BCUT2D eigenvalue weighted by atomic mass is 32.2. The number of nitrogen functional groups attached to an aromatic ring is 1. The van der Waals surface area contributed by atoms with Gasteiger partial charge in [-0.3, -0.25) is 9.71 Å². The van der Waals surface area contributed by atoms with Gasteiger partial charge in [0.15, 0.2) is 5.82 Å². The van der Waals surface area contributed by atoms with Crippen LogP contribution in [-0.2, 0) is 10.0 Å². The fourth-order valence-electron chi connectivity index (χ4n) is 1.43. The molecule has 3 N–H and O–H groups in total. The standard InChI is InChI=1S/C11H12N4O3S/c1-18-10-3-2-8(6-9(10)12)19(16,17)15-11-7-13-4-5-14-11/h2-7H,12H2,1H3,(H,14,15). The van der Waals surface area contributed by atoms with E-state index in [9.17, 15) is 8.42 Å². The van der Waals surface area contributed by atoms with Crippen molar-refractivity contribution in [1.29, 1.82) is 0 Å². The van der Waals surface area contributed by atoms with E-state index in [2.05, 4.69) is 14.7 Å². The van der Waals surface area contributed by atoms with Crippen LogP contribution >= 0.6 is 0 Å². The van der Waals surface area contributed by atoms with Crippen LogP contribution in [0.15, 0.2) is 41.7 Å². The third-order valence-corrected chi connectivity index (χ3v) is 3.67. The Kier molecular flexibility index (Phi) is 3.52. The molecule has 1 aromatic heterocycles. The topological polar surface area (TPSA) is 107 Å². The molecule has 0 aliphatic heterocycles. The van der Waals surface area contributed by atoms with Gasteiger partial charge in [0.1, 0.15) is 5.75 Å². The maximum absolute atomic E-state index is 12.1. The Hall–Kier alpha value is -2.35. The van der Waals surface area contributed by atoms with Gasteiger partial charge in [0.25, 0.3) is 10.0 Å². The normalized spacial score (nSPS) is 11.0. The van der Waals surface area contributed by atoms with Crippen molar-refractivity contribution < 1.29 is 13.2 Å². The molecule has 0 amide bonds. The monoisotopic (exact) mass is 280 g/mol. The SMILES string of the molecule is COc1ccc(S(=O)(=O)Nc2cnccn2)cc1N. The van der Waals surface area contributed by atoms with E-state index in [0.717, 1.165) is 0 Å². The molecular weight excluding hydrogens is 268 g/mol. The number of anilines is 2. The number of hydrogen-bond donors (Lipinski definition) is 2. The molecule has 2 rings (SSSR count). The molecule has 0 radical (unpaired) electrons. The van der Waals surface area contributed by atoms with Crippen LogP contribution in [0.1, 0.15) is 0 Å². The molecule has 0 fully saturated rings. The minimum atomic E-state index is -3.75. The van der Waals surface area contributed by atoms with Crippen LogP contribution in [0.3, 0.4) is 0 Å². The van der Waals surface area contributed by atoms with Crippen LogP contribution < -0.4 is 15.2 Å². The zero-order valence-electron chi connectivity index (χ0n) is 10.1. The van der Waals surface area contributed by atoms with E-state index < -0.39 is 10.0 Å². The average molecular weight is 280 g/mol. The number of nitrogens with two attached hydrogens (primary N) is 1. The Labute approximate surface area is 110 Å². The predicted octanol–water partition coefficient (Wildman–Crippen LogP) is 0.868. The zero-order chi connectivity index (χ0) is 13.9. The van der Waals surface area contributed by atoms with Gasteiger partial charge in [0.05, 0.1) is 23.9 Å². The summed E-state index contributed by atoms with van der Waals surface area (Å²) < 4.78 is 31.4. The molecule has 100 valence electrons. The number of benzene rings is 1. The Morgan fingerprint density at radius 3 is 2.68 bits per heavy atom. The molecule has 0 saturated heterocycles. The predicted molar refractivity (Wildman–Crippen MR) is 70.2 cm³/mol. The van der Waals surface area contributed by atoms with E-state index in [4.69, 9.17) is 10.5 Å². The second-order valence-electron chi connectivity index (χ2n) is 3.60. The van der Waals surface area contributed by atoms with E-state index in [0.29, 0.717) is 5.75 Å². The summed E-state index contributed by atoms with van der Waals surface area (Å²) in [6.07, 6.45) is 4.15. The van der Waals surface area contributed by atoms with Crippen LogP contribution in [0.5, 0.6) is 5.75 Å². The summed E-state index contributed by atoms with van der Waals surface area (Å²) in [6, 6.07) is 4.20. The molecule has 1 aromatic carbocycles.